The molecule has 0 N–H and O–H groups in total. The third-order valence-electron chi connectivity index (χ3n) is 4.38. The molecule has 2 aromatic carbocycles. The lowest BCUT2D eigenvalue weighted by Gasteiger charge is -2.25. The molecule has 0 spiro atoms. The quantitative estimate of drug-likeness (QED) is 0.644. The van der Waals surface area contributed by atoms with Crippen LogP contribution in [0, 0.1) is 0 Å². The predicted molar refractivity (Wildman–Crippen MR) is 109 cm³/mol. The van der Waals surface area contributed by atoms with Crippen molar-refractivity contribution in [3.8, 4) is 11.5 Å². The van der Waals surface area contributed by atoms with Gasteiger partial charge < -0.3 is 19.3 Å². The summed E-state index contributed by atoms with van der Waals surface area (Å²) in [5.74, 6) is 1.30. The molecule has 0 aliphatic heterocycles. The number of Topliss-reactive ketones (excluding diaryl/α,β-unsaturated/α-hetero) is 1. The van der Waals surface area contributed by atoms with Gasteiger partial charge in [-0.25, -0.2) is 4.79 Å². The maximum atomic E-state index is 11.6. The topological polar surface area (TPSA) is 59.1 Å². The number of benzene rings is 2. The molecular weight excluding hydrogens is 356 g/mol. The Morgan fingerprint density at radius 3 is 1.96 bits per heavy atom. The number of ether oxygens (including phenoxy) is 2. The molecule has 0 saturated heterocycles. The number of hydrogen-bond acceptors (Lipinski definition) is 5. The molecule has 1 amide bonds. The molecule has 0 radical (unpaired) electrons. The van der Waals surface area contributed by atoms with Crippen molar-refractivity contribution in [1.82, 2.24) is 9.80 Å². The summed E-state index contributed by atoms with van der Waals surface area (Å²) in [5.41, 5.74) is 1.79. The Labute approximate surface area is 166 Å². The molecule has 150 valence electrons. The second-order valence-corrected chi connectivity index (χ2v) is 7.03. The summed E-state index contributed by atoms with van der Waals surface area (Å²) in [4.78, 5) is 26.5. The van der Waals surface area contributed by atoms with Crippen LogP contribution in [0.25, 0.3) is 0 Å². The van der Waals surface area contributed by atoms with E-state index in [1.807, 2.05) is 38.4 Å². The molecule has 0 saturated carbocycles. The van der Waals surface area contributed by atoms with Crippen LogP contribution in [0.1, 0.15) is 35.3 Å². The van der Waals surface area contributed by atoms with Crippen LogP contribution in [-0.4, -0.2) is 56.5 Å². The standard InChI is InChI=1S/C22H28N2O4/c1-16(25)17-6-10-19(11-7-17)27-15-14-21(23(2)3)18-8-12-20(13-9-18)28-22(26)24(4)5/h6-13,21H,14-15H2,1-5H3. The summed E-state index contributed by atoms with van der Waals surface area (Å²) in [6, 6.07) is 14.9. The first kappa shape index (κ1) is 21.4. The van der Waals surface area contributed by atoms with Crippen LogP contribution < -0.4 is 9.47 Å². The maximum absolute atomic E-state index is 11.6. The Morgan fingerprint density at radius 1 is 0.893 bits per heavy atom. The molecule has 0 aliphatic carbocycles. The van der Waals surface area contributed by atoms with Crippen LogP contribution in [0.2, 0.25) is 0 Å². The van der Waals surface area contributed by atoms with Crippen LogP contribution >= 0.6 is 0 Å². The van der Waals surface area contributed by atoms with E-state index < -0.39 is 6.09 Å². The number of nitrogens with zero attached hydrogens (tertiary/aromatic N) is 2. The van der Waals surface area contributed by atoms with Crippen LogP contribution in [0.15, 0.2) is 48.5 Å². The van der Waals surface area contributed by atoms with Gasteiger partial charge in [0.05, 0.1) is 6.61 Å². The lowest BCUT2D eigenvalue weighted by molar-refractivity contribution is 0.101. The van der Waals surface area contributed by atoms with E-state index in [4.69, 9.17) is 9.47 Å². The van der Waals surface area contributed by atoms with E-state index in [0.717, 1.165) is 17.7 Å². The third-order valence-corrected chi connectivity index (χ3v) is 4.38. The summed E-state index contributed by atoms with van der Waals surface area (Å²) in [6.45, 7) is 2.09. The first-order chi connectivity index (χ1) is 13.3. The van der Waals surface area contributed by atoms with Crippen molar-refractivity contribution in [2.24, 2.45) is 0 Å². The van der Waals surface area contributed by atoms with E-state index in [-0.39, 0.29) is 11.8 Å². The SMILES string of the molecule is CC(=O)c1ccc(OCCC(c2ccc(OC(=O)N(C)C)cc2)N(C)C)cc1. The van der Waals surface area contributed by atoms with Crippen molar-refractivity contribution in [3.63, 3.8) is 0 Å². The zero-order chi connectivity index (χ0) is 20.7. The highest BCUT2D eigenvalue weighted by atomic mass is 16.6. The molecular formula is C22H28N2O4. The fraction of sp³-hybridized carbons (Fsp3) is 0.364. The van der Waals surface area contributed by atoms with Crippen molar-refractivity contribution < 1.29 is 19.1 Å². The Bertz CT molecular complexity index is 783. The number of rotatable bonds is 8. The van der Waals surface area contributed by atoms with Gasteiger partial charge in [0.1, 0.15) is 11.5 Å². The average molecular weight is 384 g/mol. The normalized spacial score (nSPS) is 11.8. The lowest BCUT2D eigenvalue weighted by atomic mass is 10.0. The number of carbonyl (C=O) groups is 2. The first-order valence-corrected chi connectivity index (χ1v) is 9.17. The monoisotopic (exact) mass is 384 g/mol. The van der Waals surface area contributed by atoms with Gasteiger partial charge in [-0.05, 0) is 63.0 Å². The minimum Gasteiger partial charge on any atom is -0.494 e. The molecule has 0 bridgehead atoms. The fourth-order valence-corrected chi connectivity index (χ4v) is 2.75. The highest BCUT2D eigenvalue weighted by molar-refractivity contribution is 5.94. The van der Waals surface area contributed by atoms with E-state index in [1.54, 1.807) is 45.3 Å². The van der Waals surface area contributed by atoms with Crippen LogP contribution in [0.3, 0.4) is 0 Å². The van der Waals surface area contributed by atoms with Gasteiger partial charge in [0.15, 0.2) is 5.78 Å². The molecule has 1 unspecified atom stereocenters. The zero-order valence-electron chi connectivity index (χ0n) is 17.1. The van der Waals surface area contributed by atoms with E-state index in [2.05, 4.69) is 4.90 Å². The predicted octanol–water partition coefficient (Wildman–Crippen LogP) is 4.02. The van der Waals surface area contributed by atoms with E-state index >= 15 is 0 Å². The van der Waals surface area contributed by atoms with Gasteiger partial charge in [-0.1, -0.05) is 12.1 Å². The minimum absolute atomic E-state index is 0.0407. The summed E-state index contributed by atoms with van der Waals surface area (Å²) >= 11 is 0. The summed E-state index contributed by atoms with van der Waals surface area (Å²) in [6.07, 6.45) is 0.388. The molecule has 2 rings (SSSR count). The van der Waals surface area contributed by atoms with E-state index in [9.17, 15) is 9.59 Å². The van der Waals surface area contributed by atoms with Crippen molar-refractivity contribution in [2.45, 2.75) is 19.4 Å². The molecule has 2 aromatic rings. The summed E-state index contributed by atoms with van der Waals surface area (Å²) in [5, 5.41) is 0. The highest BCUT2D eigenvalue weighted by Gasteiger charge is 2.15. The van der Waals surface area contributed by atoms with Gasteiger partial charge in [0.25, 0.3) is 0 Å². The molecule has 0 aliphatic rings. The summed E-state index contributed by atoms with van der Waals surface area (Å²) in [7, 11) is 7.33. The van der Waals surface area contributed by atoms with E-state index in [0.29, 0.717) is 17.9 Å². The van der Waals surface area contributed by atoms with E-state index in [1.165, 1.54) is 4.90 Å². The van der Waals surface area contributed by atoms with Crippen molar-refractivity contribution in [2.75, 3.05) is 34.8 Å². The molecule has 28 heavy (non-hydrogen) atoms. The number of hydrogen-bond donors (Lipinski definition) is 0. The van der Waals surface area contributed by atoms with Gasteiger partial charge in [-0.15, -0.1) is 0 Å². The Hall–Kier alpha value is -2.86. The fourth-order valence-electron chi connectivity index (χ4n) is 2.75. The minimum atomic E-state index is -0.402. The largest absolute Gasteiger partial charge is 0.494 e. The lowest BCUT2D eigenvalue weighted by Crippen LogP contribution is -2.25. The van der Waals surface area contributed by atoms with Gasteiger partial charge in [0, 0.05) is 32.1 Å². The smallest absolute Gasteiger partial charge is 0.414 e. The van der Waals surface area contributed by atoms with Gasteiger partial charge >= 0.3 is 6.09 Å². The second kappa shape index (κ2) is 9.90. The molecule has 1 atom stereocenters. The van der Waals surface area contributed by atoms with Crippen molar-refractivity contribution in [3.05, 3.63) is 59.7 Å². The van der Waals surface area contributed by atoms with Crippen LogP contribution in [0.4, 0.5) is 4.79 Å². The van der Waals surface area contributed by atoms with Gasteiger partial charge in [-0.3, -0.25) is 4.79 Å². The van der Waals surface area contributed by atoms with Crippen molar-refractivity contribution in [1.29, 1.82) is 0 Å². The van der Waals surface area contributed by atoms with Gasteiger partial charge in [-0.2, -0.15) is 0 Å². The Balaban J connectivity index is 1.95. The Morgan fingerprint density at radius 2 is 1.46 bits per heavy atom. The molecule has 0 heterocycles. The zero-order valence-corrected chi connectivity index (χ0v) is 17.1. The average Bonchev–Trinajstić information content (AvgIpc) is 2.66. The second-order valence-electron chi connectivity index (χ2n) is 7.03. The third kappa shape index (κ3) is 6.09. The van der Waals surface area contributed by atoms with Crippen LogP contribution in [-0.2, 0) is 0 Å². The van der Waals surface area contributed by atoms with Gasteiger partial charge in [0.2, 0.25) is 0 Å². The summed E-state index contributed by atoms with van der Waals surface area (Å²) < 4.78 is 11.1. The Kier molecular flexibility index (Phi) is 7.58. The molecule has 6 heteroatoms. The van der Waals surface area contributed by atoms with Crippen molar-refractivity contribution >= 4 is 11.9 Å². The number of amides is 1. The molecule has 0 aromatic heterocycles. The number of ketones is 1. The molecule has 0 fully saturated rings. The maximum Gasteiger partial charge on any atom is 0.414 e. The number of carbonyl (C=O) groups excluding carboxylic acids is 2. The highest BCUT2D eigenvalue weighted by Crippen LogP contribution is 2.25. The van der Waals surface area contributed by atoms with Crippen LogP contribution in [0.5, 0.6) is 11.5 Å². The first-order valence-electron chi connectivity index (χ1n) is 9.17. The molecule has 6 nitrogen and oxygen atoms in total.